The van der Waals surface area contributed by atoms with Gasteiger partial charge >= 0.3 is 6.03 Å². The number of sulfone groups is 1. The average molecular weight is 348 g/mol. The molecule has 1 aromatic rings. The van der Waals surface area contributed by atoms with Crippen LogP contribution in [0.2, 0.25) is 0 Å². The summed E-state index contributed by atoms with van der Waals surface area (Å²) < 4.78 is 49.2. The molecule has 0 bridgehead atoms. The zero-order valence-corrected chi connectivity index (χ0v) is 14.3. The Morgan fingerprint density at radius 1 is 1.35 bits per heavy atom. The number of halogens is 2. The fourth-order valence-corrected chi connectivity index (χ4v) is 3.39. The highest BCUT2D eigenvalue weighted by molar-refractivity contribution is 7.90. The van der Waals surface area contributed by atoms with Crippen LogP contribution in [0.4, 0.5) is 13.6 Å². The van der Waals surface area contributed by atoms with Gasteiger partial charge in [0.15, 0.2) is 11.6 Å². The molecule has 0 saturated heterocycles. The van der Waals surface area contributed by atoms with E-state index < -0.39 is 33.5 Å². The number of hydrogen-bond acceptors (Lipinski definition) is 3. The molecule has 0 radical (unpaired) electrons. The molecule has 0 saturated carbocycles. The van der Waals surface area contributed by atoms with Gasteiger partial charge in [-0.05, 0) is 31.9 Å². The highest BCUT2D eigenvalue weighted by Crippen LogP contribution is 2.11. The monoisotopic (exact) mass is 348 g/mol. The third-order valence-electron chi connectivity index (χ3n) is 3.38. The van der Waals surface area contributed by atoms with E-state index in [2.05, 4.69) is 5.32 Å². The molecular weight excluding hydrogens is 326 g/mol. The van der Waals surface area contributed by atoms with Gasteiger partial charge in [0.2, 0.25) is 0 Å². The van der Waals surface area contributed by atoms with E-state index in [9.17, 15) is 22.0 Å². The highest BCUT2D eigenvalue weighted by Gasteiger charge is 2.21. The Hall–Kier alpha value is -1.70. The molecule has 0 aliphatic carbocycles. The minimum Gasteiger partial charge on any atom is -0.338 e. The lowest BCUT2D eigenvalue weighted by atomic mass is 10.1. The SMILES string of the molecule is CCN(C(=O)NCCc1cccc(F)c1F)[C@@H](C)CS(C)(=O)=O. The van der Waals surface area contributed by atoms with Gasteiger partial charge in [-0.25, -0.2) is 22.0 Å². The molecule has 1 aromatic carbocycles. The highest BCUT2D eigenvalue weighted by atomic mass is 32.2. The van der Waals surface area contributed by atoms with Gasteiger partial charge in [-0.3, -0.25) is 0 Å². The van der Waals surface area contributed by atoms with E-state index in [1.165, 1.54) is 17.0 Å². The van der Waals surface area contributed by atoms with Gasteiger partial charge in [0.1, 0.15) is 9.84 Å². The van der Waals surface area contributed by atoms with Crippen molar-refractivity contribution < 1.29 is 22.0 Å². The second kappa shape index (κ2) is 8.24. The van der Waals surface area contributed by atoms with Crippen molar-refractivity contribution in [2.45, 2.75) is 26.3 Å². The summed E-state index contributed by atoms with van der Waals surface area (Å²) in [6.45, 7) is 3.86. The summed E-state index contributed by atoms with van der Waals surface area (Å²) >= 11 is 0. The molecular formula is C15H22F2N2O3S. The first kappa shape index (κ1) is 19.3. The molecule has 0 fully saturated rings. The Labute approximate surface area is 135 Å². The predicted molar refractivity (Wildman–Crippen MR) is 85.0 cm³/mol. The number of amides is 2. The molecule has 1 rings (SSSR count). The Bertz CT molecular complexity index is 650. The second-order valence-corrected chi connectivity index (χ2v) is 7.61. The number of urea groups is 1. The smallest absolute Gasteiger partial charge is 0.317 e. The number of nitrogens with one attached hydrogen (secondary N) is 1. The maximum atomic E-state index is 13.5. The maximum absolute atomic E-state index is 13.5. The molecule has 0 aromatic heterocycles. The topological polar surface area (TPSA) is 66.5 Å². The first-order chi connectivity index (χ1) is 10.7. The summed E-state index contributed by atoms with van der Waals surface area (Å²) in [7, 11) is -3.20. The normalized spacial score (nSPS) is 12.7. The average Bonchev–Trinajstić information content (AvgIpc) is 2.42. The van der Waals surface area contributed by atoms with Crippen molar-refractivity contribution >= 4 is 15.9 Å². The maximum Gasteiger partial charge on any atom is 0.317 e. The predicted octanol–water partition coefficient (Wildman–Crippen LogP) is 1.97. The van der Waals surface area contributed by atoms with E-state index in [1.54, 1.807) is 13.8 Å². The fraction of sp³-hybridized carbons (Fsp3) is 0.533. The first-order valence-corrected chi connectivity index (χ1v) is 9.36. The third-order valence-corrected chi connectivity index (χ3v) is 4.47. The van der Waals surface area contributed by atoms with Crippen LogP contribution < -0.4 is 5.32 Å². The van der Waals surface area contributed by atoms with Crippen molar-refractivity contribution in [1.82, 2.24) is 10.2 Å². The zero-order valence-electron chi connectivity index (χ0n) is 13.5. The lowest BCUT2D eigenvalue weighted by molar-refractivity contribution is 0.187. The van der Waals surface area contributed by atoms with Crippen molar-refractivity contribution in [2.24, 2.45) is 0 Å². The van der Waals surface area contributed by atoms with Gasteiger partial charge in [-0.1, -0.05) is 12.1 Å². The van der Waals surface area contributed by atoms with E-state index in [1.807, 2.05) is 0 Å². The van der Waals surface area contributed by atoms with E-state index in [4.69, 9.17) is 0 Å². The van der Waals surface area contributed by atoms with Gasteiger partial charge in [-0.15, -0.1) is 0 Å². The Morgan fingerprint density at radius 2 is 2.00 bits per heavy atom. The van der Waals surface area contributed by atoms with E-state index >= 15 is 0 Å². The van der Waals surface area contributed by atoms with Crippen LogP contribution in [0.15, 0.2) is 18.2 Å². The summed E-state index contributed by atoms with van der Waals surface area (Å²) in [5.41, 5.74) is 0.178. The van der Waals surface area contributed by atoms with Crippen molar-refractivity contribution in [3.8, 4) is 0 Å². The molecule has 0 aliphatic heterocycles. The van der Waals surface area contributed by atoms with Crippen molar-refractivity contribution in [1.29, 1.82) is 0 Å². The summed E-state index contributed by atoms with van der Waals surface area (Å²) in [5.74, 6) is -1.97. The Morgan fingerprint density at radius 3 is 2.57 bits per heavy atom. The Kier molecular flexibility index (Phi) is 6.93. The molecule has 0 aliphatic rings. The number of benzene rings is 1. The zero-order chi connectivity index (χ0) is 17.6. The molecule has 1 atom stereocenters. The van der Waals surface area contributed by atoms with Gasteiger partial charge in [0.25, 0.3) is 0 Å². The molecule has 1 N–H and O–H groups in total. The van der Waals surface area contributed by atoms with Crippen LogP contribution in [0, 0.1) is 11.6 Å². The van der Waals surface area contributed by atoms with Gasteiger partial charge in [-0.2, -0.15) is 0 Å². The van der Waals surface area contributed by atoms with Gasteiger partial charge < -0.3 is 10.2 Å². The van der Waals surface area contributed by atoms with Crippen molar-refractivity contribution in [2.75, 3.05) is 25.1 Å². The first-order valence-electron chi connectivity index (χ1n) is 7.30. The second-order valence-electron chi connectivity index (χ2n) is 5.42. The number of carbonyl (C=O) groups is 1. The van der Waals surface area contributed by atoms with Crippen molar-refractivity contribution in [3.05, 3.63) is 35.4 Å². The molecule has 0 spiro atoms. The number of hydrogen-bond donors (Lipinski definition) is 1. The third kappa shape index (κ3) is 6.13. The van der Waals surface area contributed by atoms with Gasteiger partial charge in [0.05, 0.1) is 5.75 Å². The van der Waals surface area contributed by atoms with Crippen LogP contribution in [-0.2, 0) is 16.3 Å². The van der Waals surface area contributed by atoms with E-state index in [0.29, 0.717) is 6.54 Å². The molecule has 0 heterocycles. The largest absolute Gasteiger partial charge is 0.338 e. The van der Waals surface area contributed by atoms with E-state index in [-0.39, 0.29) is 24.3 Å². The fourth-order valence-electron chi connectivity index (χ4n) is 2.33. The van der Waals surface area contributed by atoms with Crippen LogP contribution in [0.1, 0.15) is 19.4 Å². The molecule has 0 unspecified atom stereocenters. The van der Waals surface area contributed by atoms with Crippen LogP contribution in [0.25, 0.3) is 0 Å². The Balaban J connectivity index is 2.58. The van der Waals surface area contributed by atoms with Crippen LogP contribution in [0.3, 0.4) is 0 Å². The minimum atomic E-state index is -3.20. The lowest BCUT2D eigenvalue weighted by Crippen LogP contribution is -2.47. The van der Waals surface area contributed by atoms with Crippen LogP contribution in [-0.4, -0.2) is 50.5 Å². The molecule has 5 nitrogen and oxygen atoms in total. The number of rotatable bonds is 7. The molecule has 23 heavy (non-hydrogen) atoms. The minimum absolute atomic E-state index is 0.126. The summed E-state index contributed by atoms with van der Waals surface area (Å²) in [4.78, 5) is 13.5. The summed E-state index contributed by atoms with van der Waals surface area (Å²) in [6.07, 6.45) is 1.26. The van der Waals surface area contributed by atoms with Gasteiger partial charge in [0, 0.05) is 25.4 Å². The summed E-state index contributed by atoms with van der Waals surface area (Å²) in [6, 6.07) is 2.99. The van der Waals surface area contributed by atoms with Crippen molar-refractivity contribution in [3.63, 3.8) is 0 Å². The van der Waals surface area contributed by atoms with E-state index in [0.717, 1.165) is 12.3 Å². The molecule has 2 amide bonds. The molecule has 8 heteroatoms. The number of carbonyl (C=O) groups excluding carboxylic acids is 1. The quantitative estimate of drug-likeness (QED) is 0.819. The summed E-state index contributed by atoms with van der Waals surface area (Å²) in [5, 5.41) is 2.60. The van der Waals surface area contributed by atoms with Crippen LogP contribution in [0.5, 0.6) is 0 Å². The van der Waals surface area contributed by atoms with Crippen LogP contribution >= 0.6 is 0 Å². The lowest BCUT2D eigenvalue weighted by Gasteiger charge is -2.27. The molecule has 130 valence electrons. The number of nitrogens with zero attached hydrogens (tertiary/aromatic N) is 1. The standard InChI is InChI=1S/C15H22F2N2O3S/c1-4-19(11(2)10-23(3,21)22)15(20)18-9-8-12-6-5-7-13(16)14(12)17/h5-7,11H,4,8-10H2,1-3H3,(H,18,20)/t11-/m0/s1.